The molecule has 0 fully saturated rings. The number of carboxylic acids is 1. The SMILES string of the molecule is Cc1nc(-c2ccccc2)nc(C(=O)O)c1C. The fourth-order valence-electron chi connectivity index (χ4n) is 1.55. The van der Waals surface area contributed by atoms with Gasteiger partial charge in [-0.1, -0.05) is 30.3 Å². The van der Waals surface area contributed by atoms with E-state index in [0.29, 0.717) is 17.1 Å². The van der Waals surface area contributed by atoms with E-state index in [2.05, 4.69) is 9.97 Å². The third-order valence-corrected chi connectivity index (χ3v) is 2.62. The van der Waals surface area contributed by atoms with E-state index in [1.807, 2.05) is 30.3 Å². The molecule has 0 amide bonds. The molecule has 1 heterocycles. The van der Waals surface area contributed by atoms with Crippen LogP contribution in [0.25, 0.3) is 11.4 Å². The second kappa shape index (κ2) is 4.33. The Labute approximate surface area is 99.0 Å². The summed E-state index contributed by atoms with van der Waals surface area (Å²) in [7, 11) is 0. The van der Waals surface area contributed by atoms with E-state index in [4.69, 9.17) is 5.11 Å². The second-order valence-electron chi connectivity index (χ2n) is 3.78. The van der Waals surface area contributed by atoms with Gasteiger partial charge in [-0.05, 0) is 13.8 Å². The van der Waals surface area contributed by atoms with E-state index in [1.54, 1.807) is 13.8 Å². The smallest absolute Gasteiger partial charge is 0.354 e. The molecule has 2 rings (SSSR count). The van der Waals surface area contributed by atoms with E-state index in [9.17, 15) is 4.79 Å². The van der Waals surface area contributed by atoms with Gasteiger partial charge >= 0.3 is 5.97 Å². The Morgan fingerprint density at radius 1 is 1.12 bits per heavy atom. The average molecular weight is 228 g/mol. The van der Waals surface area contributed by atoms with Crippen molar-refractivity contribution in [1.29, 1.82) is 0 Å². The minimum Gasteiger partial charge on any atom is -0.477 e. The van der Waals surface area contributed by atoms with Gasteiger partial charge in [0, 0.05) is 16.8 Å². The van der Waals surface area contributed by atoms with Gasteiger partial charge in [-0.25, -0.2) is 14.8 Å². The van der Waals surface area contributed by atoms with Crippen LogP contribution in [-0.2, 0) is 0 Å². The van der Waals surface area contributed by atoms with Crippen molar-refractivity contribution in [1.82, 2.24) is 9.97 Å². The quantitative estimate of drug-likeness (QED) is 0.857. The fourth-order valence-corrected chi connectivity index (χ4v) is 1.55. The molecule has 1 aromatic carbocycles. The summed E-state index contributed by atoms with van der Waals surface area (Å²) in [5, 5.41) is 9.07. The molecule has 0 spiro atoms. The van der Waals surface area contributed by atoms with Gasteiger partial charge in [-0.2, -0.15) is 0 Å². The van der Waals surface area contributed by atoms with Crippen LogP contribution in [0, 0.1) is 13.8 Å². The Bertz CT molecular complexity index is 565. The second-order valence-corrected chi connectivity index (χ2v) is 3.78. The Hall–Kier alpha value is -2.23. The zero-order valence-corrected chi connectivity index (χ0v) is 9.64. The monoisotopic (exact) mass is 228 g/mol. The minimum atomic E-state index is -1.02. The van der Waals surface area contributed by atoms with Crippen LogP contribution in [-0.4, -0.2) is 21.0 Å². The average Bonchev–Trinajstić information content (AvgIpc) is 2.33. The fraction of sp³-hybridized carbons (Fsp3) is 0.154. The van der Waals surface area contributed by atoms with Crippen molar-refractivity contribution in [3.63, 3.8) is 0 Å². The third kappa shape index (κ3) is 2.15. The van der Waals surface area contributed by atoms with Crippen molar-refractivity contribution in [2.45, 2.75) is 13.8 Å². The standard InChI is InChI=1S/C13H12N2O2/c1-8-9(2)14-12(15-11(8)13(16)17)10-6-4-3-5-7-10/h3-7H,1-2H3,(H,16,17). The lowest BCUT2D eigenvalue weighted by molar-refractivity contribution is 0.0689. The summed E-state index contributed by atoms with van der Waals surface area (Å²) in [4.78, 5) is 19.5. The summed E-state index contributed by atoms with van der Waals surface area (Å²) in [5.74, 6) is -0.573. The first-order valence-corrected chi connectivity index (χ1v) is 5.23. The normalized spacial score (nSPS) is 10.2. The molecule has 0 radical (unpaired) electrons. The molecule has 0 saturated carbocycles. The molecule has 0 atom stereocenters. The van der Waals surface area contributed by atoms with Crippen LogP contribution in [0.15, 0.2) is 30.3 Å². The molecule has 4 heteroatoms. The largest absolute Gasteiger partial charge is 0.477 e. The number of aromatic nitrogens is 2. The maximum Gasteiger partial charge on any atom is 0.354 e. The van der Waals surface area contributed by atoms with Gasteiger partial charge in [0.1, 0.15) is 0 Å². The molecule has 0 unspecified atom stereocenters. The molecule has 0 bridgehead atoms. The lowest BCUT2D eigenvalue weighted by Gasteiger charge is -2.07. The molecule has 0 aliphatic rings. The summed E-state index contributed by atoms with van der Waals surface area (Å²) in [6.07, 6.45) is 0. The van der Waals surface area contributed by atoms with Crippen molar-refractivity contribution in [2.75, 3.05) is 0 Å². The lowest BCUT2D eigenvalue weighted by Crippen LogP contribution is -2.08. The van der Waals surface area contributed by atoms with Crippen molar-refractivity contribution in [2.24, 2.45) is 0 Å². The zero-order valence-electron chi connectivity index (χ0n) is 9.64. The van der Waals surface area contributed by atoms with E-state index in [1.165, 1.54) is 0 Å². The molecule has 2 aromatic rings. The topological polar surface area (TPSA) is 63.1 Å². The number of rotatable bonds is 2. The Morgan fingerprint density at radius 2 is 1.76 bits per heavy atom. The van der Waals surface area contributed by atoms with Crippen LogP contribution in [0.1, 0.15) is 21.7 Å². The molecule has 17 heavy (non-hydrogen) atoms. The maximum atomic E-state index is 11.1. The Kier molecular flexibility index (Phi) is 2.87. The van der Waals surface area contributed by atoms with E-state index in [0.717, 1.165) is 5.56 Å². The molecule has 1 N–H and O–H groups in total. The summed E-state index contributed by atoms with van der Waals surface area (Å²) >= 11 is 0. The predicted molar refractivity (Wildman–Crippen MR) is 63.9 cm³/mol. The molecular weight excluding hydrogens is 216 g/mol. The first kappa shape index (κ1) is 11.3. The zero-order chi connectivity index (χ0) is 12.4. The highest BCUT2D eigenvalue weighted by molar-refractivity contribution is 5.87. The lowest BCUT2D eigenvalue weighted by atomic mass is 10.1. The molecule has 86 valence electrons. The van der Waals surface area contributed by atoms with Gasteiger partial charge in [0.15, 0.2) is 11.5 Å². The van der Waals surface area contributed by atoms with Crippen LogP contribution >= 0.6 is 0 Å². The first-order chi connectivity index (χ1) is 8.09. The predicted octanol–water partition coefficient (Wildman–Crippen LogP) is 2.46. The number of hydrogen-bond donors (Lipinski definition) is 1. The first-order valence-electron chi connectivity index (χ1n) is 5.23. The number of carbonyl (C=O) groups is 1. The molecule has 0 saturated heterocycles. The van der Waals surface area contributed by atoms with Crippen LogP contribution in [0.5, 0.6) is 0 Å². The van der Waals surface area contributed by atoms with Crippen LogP contribution < -0.4 is 0 Å². The van der Waals surface area contributed by atoms with E-state index < -0.39 is 5.97 Å². The highest BCUT2D eigenvalue weighted by Gasteiger charge is 2.14. The Morgan fingerprint density at radius 3 is 2.35 bits per heavy atom. The number of nitrogens with zero attached hydrogens (tertiary/aromatic N) is 2. The third-order valence-electron chi connectivity index (χ3n) is 2.62. The van der Waals surface area contributed by atoms with Gasteiger partial charge in [0.05, 0.1) is 0 Å². The van der Waals surface area contributed by atoms with Crippen molar-refractivity contribution < 1.29 is 9.90 Å². The van der Waals surface area contributed by atoms with Crippen molar-refractivity contribution in [3.8, 4) is 11.4 Å². The summed E-state index contributed by atoms with van der Waals surface area (Å²) in [5.41, 5.74) is 2.18. The highest BCUT2D eigenvalue weighted by Crippen LogP contribution is 2.18. The molecule has 1 aromatic heterocycles. The van der Waals surface area contributed by atoms with Crippen LogP contribution in [0.3, 0.4) is 0 Å². The van der Waals surface area contributed by atoms with Gasteiger partial charge < -0.3 is 5.11 Å². The number of hydrogen-bond acceptors (Lipinski definition) is 3. The summed E-state index contributed by atoms with van der Waals surface area (Å²) in [6, 6.07) is 9.34. The van der Waals surface area contributed by atoms with Gasteiger partial charge in [-0.15, -0.1) is 0 Å². The van der Waals surface area contributed by atoms with Crippen molar-refractivity contribution in [3.05, 3.63) is 47.3 Å². The van der Waals surface area contributed by atoms with Crippen molar-refractivity contribution >= 4 is 5.97 Å². The van der Waals surface area contributed by atoms with Gasteiger partial charge in [-0.3, -0.25) is 0 Å². The molecule has 0 aliphatic heterocycles. The number of aromatic carboxylic acids is 1. The summed E-state index contributed by atoms with van der Waals surface area (Å²) in [6.45, 7) is 3.50. The molecular formula is C13H12N2O2. The minimum absolute atomic E-state index is 0.0661. The molecule has 0 aliphatic carbocycles. The highest BCUT2D eigenvalue weighted by atomic mass is 16.4. The Balaban J connectivity index is 2.61. The van der Waals surface area contributed by atoms with Gasteiger partial charge in [0.2, 0.25) is 0 Å². The summed E-state index contributed by atoms with van der Waals surface area (Å²) < 4.78 is 0. The number of carboxylic acid groups (broad SMARTS) is 1. The van der Waals surface area contributed by atoms with E-state index in [-0.39, 0.29) is 5.69 Å². The maximum absolute atomic E-state index is 11.1. The molecule has 4 nitrogen and oxygen atoms in total. The van der Waals surface area contributed by atoms with Gasteiger partial charge in [0.25, 0.3) is 0 Å². The van der Waals surface area contributed by atoms with Crippen LogP contribution in [0.4, 0.5) is 0 Å². The van der Waals surface area contributed by atoms with E-state index >= 15 is 0 Å². The number of benzene rings is 1. The number of aryl methyl sites for hydroxylation is 1. The van der Waals surface area contributed by atoms with Crippen LogP contribution in [0.2, 0.25) is 0 Å².